The molecule has 1 aliphatic carbocycles. The second-order valence-corrected chi connectivity index (χ2v) is 4.50. The molecule has 1 atom stereocenters. The van der Waals surface area contributed by atoms with E-state index in [0.29, 0.717) is 0 Å². The minimum Gasteiger partial charge on any atom is -0.476 e. The largest absolute Gasteiger partial charge is 0.476 e. The lowest BCUT2D eigenvalue weighted by molar-refractivity contribution is 0.0690. The van der Waals surface area contributed by atoms with E-state index < -0.39 is 5.97 Å². The highest BCUT2D eigenvalue weighted by Crippen LogP contribution is 2.24. The zero-order valence-corrected chi connectivity index (χ0v) is 9.36. The molecule has 2 N–H and O–H groups in total. The van der Waals surface area contributed by atoms with Gasteiger partial charge in [-0.25, -0.2) is 4.79 Å². The molecule has 16 heavy (non-hydrogen) atoms. The number of carbonyl (C=O) groups is 1. The third kappa shape index (κ3) is 2.51. The van der Waals surface area contributed by atoms with Gasteiger partial charge in [0.2, 0.25) is 0 Å². The Morgan fingerprint density at radius 2 is 2.50 bits per heavy atom. The molecule has 1 aromatic rings. The van der Waals surface area contributed by atoms with Crippen LogP contribution in [0.15, 0.2) is 17.7 Å². The summed E-state index contributed by atoms with van der Waals surface area (Å²) in [5, 5.41) is 15.3. The first-order valence-corrected chi connectivity index (χ1v) is 5.60. The number of aromatic nitrogens is 2. The van der Waals surface area contributed by atoms with Crippen molar-refractivity contribution in [3.63, 3.8) is 0 Å². The van der Waals surface area contributed by atoms with Gasteiger partial charge in [0.25, 0.3) is 0 Å². The van der Waals surface area contributed by atoms with Crippen molar-refractivity contribution < 1.29 is 9.90 Å². The van der Waals surface area contributed by atoms with E-state index in [1.165, 1.54) is 12.0 Å². The fourth-order valence-corrected chi connectivity index (χ4v) is 1.99. The number of nitrogens with one attached hydrogen (secondary N) is 1. The topological polar surface area (TPSA) is 66.0 Å². The van der Waals surface area contributed by atoms with Crippen LogP contribution in [-0.2, 0) is 6.42 Å². The summed E-state index contributed by atoms with van der Waals surface area (Å²) in [5.74, 6) is -0.200. The molecule has 1 unspecified atom stereocenters. The van der Waals surface area contributed by atoms with Gasteiger partial charge >= 0.3 is 5.97 Å². The van der Waals surface area contributed by atoms with Crippen LogP contribution in [0.5, 0.6) is 0 Å². The number of hydrogen-bond acceptors (Lipinski definition) is 2. The van der Waals surface area contributed by atoms with Gasteiger partial charge in [0, 0.05) is 12.1 Å². The van der Waals surface area contributed by atoms with Crippen LogP contribution in [0.25, 0.3) is 0 Å². The highest BCUT2D eigenvalue weighted by molar-refractivity contribution is 5.85. The monoisotopic (exact) mass is 220 g/mol. The lowest BCUT2D eigenvalue weighted by Crippen LogP contribution is -2.03. The second-order valence-electron chi connectivity index (χ2n) is 4.50. The molecule has 0 aromatic carbocycles. The molecule has 1 aliphatic rings. The van der Waals surface area contributed by atoms with E-state index in [1.54, 1.807) is 6.07 Å². The normalized spacial score (nSPS) is 20.6. The van der Waals surface area contributed by atoms with Crippen molar-refractivity contribution in [3.8, 4) is 0 Å². The van der Waals surface area contributed by atoms with Gasteiger partial charge in [-0.05, 0) is 31.2 Å². The number of hydrogen-bond donors (Lipinski definition) is 2. The van der Waals surface area contributed by atoms with Crippen molar-refractivity contribution in [2.75, 3.05) is 0 Å². The Morgan fingerprint density at radius 3 is 3.06 bits per heavy atom. The van der Waals surface area contributed by atoms with Crippen molar-refractivity contribution in [2.24, 2.45) is 5.92 Å². The van der Waals surface area contributed by atoms with E-state index in [-0.39, 0.29) is 5.69 Å². The number of aromatic amines is 1. The van der Waals surface area contributed by atoms with Crippen LogP contribution < -0.4 is 0 Å². The minimum absolute atomic E-state index is 0.0970. The minimum atomic E-state index is -0.978. The van der Waals surface area contributed by atoms with Gasteiger partial charge in [0.15, 0.2) is 5.69 Å². The summed E-state index contributed by atoms with van der Waals surface area (Å²) in [6.07, 6.45) is 6.55. The molecule has 0 saturated carbocycles. The lowest BCUT2D eigenvalue weighted by atomic mass is 9.89. The maximum atomic E-state index is 10.7. The maximum Gasteiger partial charge on any atom is 0.356 e. The molecule has 0 spiro atoms. The van der Waals surface area contributed by atoms with E-state index in [1.807, 2.05) is 0 Å². The van der Waals surface area contributed by atoms with Gasteiger partial charge in [0.05, 0.1) is 0 Å². The first kappa shape index (κ1) is 10.9. The molecule has 0 fully saturated rings. The summed E-state index contributed by atoms with van der Waals surface area (Å²) in [6.45, 7) is 2.26. The van der Waals surface area contributed by atoms with Crippen molar-refractivity contribution >= 4 is 5.97 Å². The molecule has 1 aromatic heterocycles. The summed E-state index contributed by atoms with van der Waals surface area (Å²) in [5.41, 5.74) is 2.37. The first-order chi connectivity index (χ1) is 7.65. The molecule has 4 heteroatoms. The van der Waals surface area contributed by atoms with Crippen LogP contribution >= 0.6 is 0 Å². The number of H-pyrrole nitrogens is 1. The van der Waals surface area contributed by atoms with E-state index in [4.69, 9.17) is 5.11 Å². The van der Waals surface area contributed by atoms with E-state index >= 15 is 0 Å². The number of carboxylic acids is 1. The lowest BCUT2D eigenvalue weighted by Gasteiger charge is -2.17. The molecule has 1 heterocycles. The smallest absolute Gasteiger partial charge is 0.356 e. The number of carboxylic acid groups (broad SMARTS) is 1. The van der Waals surface area contributed by atoms with Crippen LogP contribution in [0.1, 0.15) is 42.4 Å². The van der Waals surface area contributed by atoms with Crippen LogP contribution in [0, 0.1) is 5.92 Å². The van der Waals surface area contributed by atoms with Gasteiger partial charge in [-0.1, -0.05) is 18.6 Å². The number of rotatable bonds is 3. The summed E-state index contributed by atoms with van der Waals surface area (Å²) in [4.78, 5) is 10.7. The zero-order valence-electron chi connectivity index (χ0n) is 9.36. The van der Waals surface area contributed by atoms with Crippen molar-refractivity contribution in [2.45, 2.75) is 32.6 Å². The molecular formula is C12H16N2O2. The molecular weight excluding hydrogens is 204 g/mol. The van der Waals surface area contributed by atoms with E-state index in [9.17, 15) is 4.79 Å². The molecule has 4 nitrogen and oxygen atoms in total. The average Bonchev–Trinajstić information content (AvgIpc) is 2.70. The molecule has 0 radical (unpaired) electrons. The molecule has 0 saturated heterocycles. The average molecular weight is 220 g/mol. The molecule has 0 amide bonds. The van der Waals surface area contributed by atoms with Crippen molar-refractivity contribution in [3.05, 3.63) is 29.1 Å². The summed E-state index contributed by atoms with van der Waals surface area (Å²) < 4.78 is 0. The molecule has 0 bridgehead atoms. The summed E-state index contributed by atoms with van der Waals surface area (Å²) in [6, 6.07) is 1.61. The fourth-order valence-electron chi connectivity index (χ4n) is 1.99. The van der Waals surface area contributed by atoms with Gasteiger partial charge < -0.3 is 5.11 Å². The Balaban J connectivity index is 2.01. The number of allylic oxidation sites excluding steroid dienone is 2. The Hall–Kier alpha value is -1.58. The van der Waals surface area contributed by atoms with Crippen LogP contribution in [0.2, 0.25) is 0 Å². The standard InChI is InChI=1S/C12H16N2O2/c1-8-2-4-9(5-3-8)6-10-7-11(12(15)16)14-13-10/h4,7-8H,2-3,5-6H2,1H3,(H,13,14)(H,15,16). The predicted molar refractivity (Wildman–Crippen MR) is 60.3 cm³/mol. The quantitative estimate of drug-likeness (QED) is 0.769. The van der Waals surface area contributed by atoms with Gasteiger partial charge in [-0.15, -0.1) is 0 Å². The van der Waals surface area contributed by atoms with Gasteiger partial charge in [-0.2, -0.15) is 5.10 Å². The Morgan fingerprint density at radius 1 is 1.69 bits per heavy atom. The van der Waals surface area contributed by atoms with Crippen LogP contribution in [0.3, 0.4) is 0 Å². The molecule has 0 aliphatic heterocycles. The third-order valence-corrected chi connectivity index (χ3v) is 3.03. The van der Waals surface area contributed by atoms with E-state index in [2.05, 4.69) is 23.2 Å². The van der Waals surface area contributed by atoms with Gasteiger partial charge in [0.1, 0.15) is 0 Å². The fraction of sp³-hybridized carbons (Fsp3) is 0.500. The Kier molecular flexibility index (Phi) is 3.08. The van der Waals surface area contributed by atoms with Gasteiger partial charge in [-0.3, -0.25) is 5.10 Å². The summed E-state index contributed by atoms with van der Waals surface area (Å²) >= 11 is 0. The van der Waals surface area contributed by atoms with E-state index in [0.717, 1.165) is 30.9 Å². The van der Waals surface area contributed by atoms with Crippen LogP contribution in [0.4, 0.5) is 0 Å². The number of nitrogens with zero attached hydrogens (tertiary/aromatic N) is 1. The highest BCUT2D eigenvalue weighted by atomic mass is 16.4. The molecule has 2 rings (SSSR count). The van der Waals surface area contributed by atoms with Crippen LogP contribution in [-0.4, -0.2) is 21.3 Å². The highest BCUT2D eigenvalue weighted by Gasteiger charge is 2.13. The van der Waals surface area contributed by atoms with Crippen molar-refractivity contribution in [1.82, 2.24) is 10.2 Å². The predicted octanol–water partition coefficient (Wildman–Crippen LogP) is 2.40. The first-order valence-electron chi connectivity index (χ1n) is 5.60. The second kappa shape index (κ2) is 4.51. The summed E-state index contributed by atoms with van der Waals surface area (Å²) in [7, 11) is 0. The zero-order chi connectivity index (χ0) is 11.5. The Labute approximate surface area is 94.4 Å². The SMILES string of the molecule is CC1CC=C(Cc2cc(C(=O)O)n[nH]2)CC1. The third-order valence-electron chi connectivity index (χ3n) is 3.03. The maximum absolute atomic E-state index is 10.7. The number of aromatic carboxylic acids is 1. The van der Waals surface area contributed by atoms with Crippen molar-refractivity contribution in [1.29, 1.82) is 0 Å². The Bertz CT molecular complexity index is 420. The molecule has 86 valence electrons.